The number of rotatable bonds is 27. The number of aliphatic hydroxyl groups is 1. The van der Waals surface area contributed by atoms with Crippen LogP contribution in [0.5, 0.6) is 0 Å². The first-order chi connectivity index (χ1) is 17.2. The molecule has 35 heavy (non-hydrogen) atoms. The van der Waals surface area contributed by atoms with Gasteiger partial charge in [-0.05, 0) is 38.5 Å². The Hall–Kier alpha value is -1.13. The summed E-state index contributed by atoms with van der Waals surface area (Å²) in [5, 5.41) is 9.46. The maximum atomic E-state index is 12.0. The molecular weight excluding hydrogens is 436 g/mol. The second kappa shape index (κ2) is 29.1. The third kappa shape index (κ3) is 27.3. The molecule has 1 atom stereocenters. The predicted molar refractivity (Wildman–Crippen MR) is 150 cm³/mol. The number of hydrogen-bond acceptors (Lipinski definition) is 4. The second-order valence-corrected chi connectivity index (χ2v) is 9.82. The van der Waals surface area contributed by atoms with Crippen molar-refractivity contribution in [2.24, 2.45) is 0 Å². The summed E-state index contributed by atoms with van der Waals surface area (Å²) in [5.41, 5.74) is 0. The van der Waals surface area contributed by atoms with Crippen LogP contribution in [0, 0.1) is 0 Å². The fourth-order valence-corrected chi connectivity index (χ4v) is 3.99. The highest BCUT2D eigenvalue weighted by atomic mass is 16.6. The topological polar surface area (TPSA) is 55.8 Å². The van der Waals surface area contributed by atoms with Crippen LogP contribution in [-0.4, -0.2) is 37.0 Å². The Balaban J connectivity index is 3.50. The Labute approximate surface area is 217 Å². The zero-order chi connectivity index (χ0) is 25.7. The maximum absolute atomic E-state index is 12.0. The number of carbonyl (C=O) groups excluding carboxylic acids is 1. The molecule has 0 heterocycles. The molecule has 0 aliphatic rings. The molecule has 0 amide bonds. The predicted octanol–water partition coefficient (Wildman–Crippen LogP) is 8.86. The first kappa shape index (κ1) is 33.9. The van der Waals surface area contributed by atoms with Crippen LogP contribution in [0.4, 0.5) is 0 Å². The average molecular weight is 495 g/mol. The standard InChI is InChI=1S/C31H58O4/c1-3-5-7-9-11-13-14-15-16-17-18-20-22-24-26-31(33)35-30(28-32)29-34-27-25-23-21-19-12-10-8-6-4-2/h9,11,14-15,30,32H,3-8,10,12-13,16-29H2,1-2H3/b11-9-,15-14-. The van der Waals surface area contributed by atoms with Gasteiger partial charge < -0.3 is 14.6 Å². The number of carbonyl (C=O) groups is 1. The molecule has 0 bridgehead atoms. The summed E-state index contributed by atoms with van der Waals surface area (Å²) in [7, 11) is 0. The van der Waals surface area contributed by atoms with Gasteiger partial charge in [0.1, 0.15) is 6.10 Å². The maximum Gasteiger partial charge on any atom is 0.306 e. The van der Waals surface area contributed by atoms with Gasteiger partial charge >= 0.3 is 5.97 Å². The van der Waals surface area contributed by atoms with E-state index in [1.54, 1.807) is 0 Å². The van der Waals surface area contributed by atoms with E-state index in [9.17, 15) is 9.90 Å². The van der Waals surface area contributed by atoms with Crippen LogP contribution in [0.2, 0.25) is 0 Å². The molecule has 0 saturated carbocycles. The minimum absolute atomic E-state index is 0.175. The third-order valence-corrected chi connectivity index (χ3v) is 6.28. The van der Waals surface area contributed by atoms with Crippen molar-refractivity contribution in [3.05, 3.63) is 24.3 Å². The normalized spacial score (nSPS) is 12.7. The van der Waals surface area contributed by atoms with Gasteiger partial charge in [-0.2, -0.15) is 0 Å². The largest absolute Gasteiger partial charge is 0.457 e. The van der Waals surface area contributed by atoms with Crippen molar-refractivity contribution in [1.29, 1.82) is 0 Å². The molecule has 4 heteroatoms. The van der Waals surface area contributed by atoms with Crippen LogP contribution in [0.3, 0.4) is 0 Å². The Morgan fingerprint density at radius 1 is 0.686 bits per heavy atom. The summed E-state index contributed by atoms with van der Waals surface area (Å²) in [6.07, 6.45) is 32.0. The molecule has 0 aromatic heterocycles. The molecule has 0 rings (SSSR count). The molecule has 0 radical (unpaired) electrons. The first-order valence-electron chi connectivity index (χ1n) is 14.9. The van der Waals surface area contributed by atoms with Gasteiger partial charge in [0.05, 0.1) is 13.2 Å². The summed E-state index contributed by atoms with van der Waals surface area (Å²) in [5.74, 6) is -0.217. The highest BCUT2D eigenvalue weighted by Gasteiger charge is 2.13. The smallest absolute Gasteiger partial charge is 0.306 e. The molecule has 206 valence electrons. The molecule has 4 nitrogen and oxygen atoms in total. The lowest BCUT2D eigenvalue weighted by Crippen LogP contribution is -2.27. The van der Waals surface area contributed by atoms with Crippen molar-refractivity contribution >= 4 is 5.97 Å². The van der Waals surface area contributed by atoms with E-state index in [0.29, 0.717) is 19.6 Å². The van der Waals surface area contributed by atoms with Gasteiger partial charge in [0.2, 0.25) is 0 Å². The first-order valence-corrected chi connectivity index (χ1v) is 14.9. The fraction of sp³-hybridized carbons (Fsp3) is 0.839. The highest BCUT2D eigenvalue weighted by molar-refractivity contribution is 5.69. The van der Waals surface area contributed by atoms with E-state index in [1.165, 1.54) is 83.5 Å². The number of allylic oxidation sites excluding steroid dienone is 4. The Morgan fingerprint density at radius 2 is 1.23 bits per heavy atom. The van der Waals surface area contributed by atoms with E-state index < -0.39 is 6.10 Å². The van der Waals surface area contributed by atoms with Gasteiger partial charge in [-0.15, -0.1) is 0 Å². The van der Waals surface area contributed by atoms with Gasteiger partial charge in [-0.1, -0.05) is 122 Å². The Morgan fingerprint density at radius 3 is 1.86 bits per heavy atom. The monoisotopic (exact) mass is 494 g/mol. The van der Waals surface area contributed by atoms with Gasteiger partial charge in [-0.25, -0.2) is 0 Å². The fourth-order valence-electron chi connectivity index (χ4n) is 3.99. The van der Waals surface area contributed by atoms with Crippen LogP contribution in [0.15, 0.2) is 24.3 Å². The lowest BCUT2D eigenvalue weighted by Gasteiger charge is -2.15. The zero-order valence-electron chi connectivity index (χ0n) is 23.3. The van der Waals surface area contributed by atoms with E-state index in [2.05, 4.69) is 38.2 Å². The van der Waals surface area contributed by atoms with Crippen molar-refractivity contribution in [3.63, 3.8) is 0 Å². The van der Waals surface area contributed by atoms with E-state index in [1.807, 2.05) is 0 Å². The number of hydrogen-bond donors (Lipinski definition) is 1. The summed E-state index contributed by atoms with van der Waals surface area (Å²) < 4.78 is 11.0. The SMILES string of the molecule is CCCC/C=C\C/C=C\CCCCCCCC(=O)OC(CO)COCCCCCCCCCCC. The van der Waals surface area contributed by atoms with Crippen molar-refractivity contribution in [2.75, 3.05) is 19.8 Å². The van der Waals surface area contributed by atoms with Crippen LogP contribution in [0.25, 0.3) is 0 Å². The van der Waals surface area contributed by atoms with Crippen LogP contribution < -0.4 is 0 Å². The lowest BCUT2D eigenvalue weighted by atomic mass is 10.1. The molecule has 1 N–H and O–H groups in total. The lowest BCUT2D eigenvalue weighted by molar-refractivity contribution is -0.154. The molecule has 0 fully saturated rings. The second-order valence-electron chi connectivity index (χ2n) is 9.82. The van der Waals surface area contributed by atoms with Crippen LogP contribution in [-0.2, 0) is 14.3 Å². The molecule has 0 aliphatic carbocycles. The summed E-state index contributed by atoms with van der Waals surface area (Å²) >= 11 is 0. The summed E-state index contributed by atoms with van der Waals surface area (Å²) in [4.78, 5) is 12.0. The minimum Gasteiger partial charge on any atom is -0.457 e. The van der Waals surface area contributed by atoms with E-state index in [-0.39, 0.29) is 12.6 Å². The summed E-state index contributed by atoms with van der Waals surface area (Å²) in [6.45, 7) is 5.27. The quantitative estimate of drug-likeness (QED) is 0.0703. The average Bonchev–Trinajstić information content (AvgIpc) is 2.86. The van der Waals surface area contributed by atoms with E-state index >= 15 is 0 Å². The molecule has 0 aromatic carbocycles. The van der Waals surface area contributed by atoms with Gasteiger partial charge in [0, 0.05) is 13.0 Å². The molecular formula is C31H58O4. The van der Waals surface area contributed by atoms with Gasteiger partial charge in [0.15, 0.2) is 0 Å². The minimum atomic E-state index is -0.533. The molecule has 0 aliphatic heterocycles. The Bertz CT molecular complexity index is 486. The van der Waals surface area contributed by atoms with Crippen molar-refractivity contribution < 1.29 is 19.4 Å². The number of unbranched alkanes of at least 4 members (excludes halogenated alkanes) is 15. The van der Waals surface area contributed by atoms with E-state index in [0.717, 1.165) is 38.5 Å². The number of esters is 1. The molecule has 0 spiro atoms. The summed E-state index contributed by atoms with van der Waals surface area (Å²) in [6, 6.07) is 0. The zero-order valence-corrected chi connectivity index (χ0v) is 23.3. The van der Waals surface area contributed by atoms with Crippen LogP contribution in [0.1, 0.15) is 142 Å². The van der Waals surface area contributed by atoms with Crippen molar-refractivity contribution in [1.82, 2.24) is 0 Å². The van der Waals surface area contributed by atoms with Crippen molar-refractivity contribution in [3.8, 4) is 0 Å². The Kier molecular flexibility index (Phi) is 28.2. The molecule has 0 aromatic rings. The van der Waals surface area contributed by atoms with Crippen LogP contribution >= 0.6 is 0 Å². The third-order valence-electron chi connectivity index (χ3n) is 6.28. The number of aliphatic hydroxyl groups excluding tert-OH is 1. The molecule has 1 unspecified atom stereocenters. The highest BCUT2D eigenvalue weighted by Crippen LogP contribution is 2.11. The van der Waals surface area contributed by atoms with Crippen molar-refractivity contribution in [2.45, 2.75) is 148 Å². The van der Waals surface area contributed by atoms with Gasteiger partial charge in [0.25, 0.3) is 0 Å². The molecule has 0 saturated heterocycles. The van der Waals surface area contributed by atoms with E-state index in [4.69, 9.17) is 9.47 Å². The van der Waals surface area contributed by atoms with Gasteiger partial charge in [-0.3, -0.25) is 4.79 Å². The number of ether oxygens (including phenoxy) is 2.